The van der Waals surface area contributed by atoms with E-state index in [9.17, 15) is 4.79 Å². The van der Waals surface area contributed by atoms with Gasteiger partial charge in [0.2, 0.25) is 0 Å². The van der Waals surface area contributed by atoms with Gasteiger partial charge in [-0.05, 0) is 43.2 Å². The second kappa shape index (κ2) is 4.01. The summed E-state index contributed by atoms with van der Waals surface area (Å²) in [5, 5.41) is 0. The lowest BCUT2D eigenvalue weighted by molar-refractivity contribution is -0.143. The van der Waals surface area contributed by atoms with Crippen LogP contribution >= 0.6 is 0 Å². The first kappa shape index (κ1) is 11.6. The highest BCUT2D eigenvalue weighted by molar-refractivity contribution is 5.87. The van der Waals surface area contributed by atoms with Crippen molar-refractivity contribution in [2.24, 2.45) is 0 Å². The molecule has 3 rings (SSSR count). The van der Waals surface area contributed by atoms with E-state index in [2.05, 4.69) is 18.2 Å². The number of carbonyl (C=O) groups excluding carboxylic acids is 1. The fourth-order valence-electron chi connectivity index (χ4n) is 2.68. The number of esters is 1. The Bertz CT molecular complexity index is 485. The molecule has 0 N–H and O–H groups in total. The summed E-state index contributed by atoms with van der Waals surface area (Å²) in [6.45, 7) is 0. The van der Waals surface area contributed by atoms with Crippen molar-refractivity contribution in [2.75, 3.05) is 14.2 Å². The molecule has 3 nitrogen and oxygen atoms in total. The molecular weight excluding hydrogens is 228 g/mol. The number of hydrogen-bond acceptors (Lipinski definition) is 3. The maximum atomic E-state index is 11.9. The molecule has 0 bridgehead atoms. The quantitative estimate of drug-likeness (QED) is 0.766. The Kier molecular flexibility index (Phi) is 2.58. The molecule has 1 aromatic rings. The van der Waals surface area contributed by atoms with Crippen LogP contribution in [0.3, 0.4) is 0 Å². The van der Waals surface area contributed by atoms with Gasteiger partial charge in [-0.25, -0.2) is 0 Å². The Hall–Kier alpha value is -1.51. The lowest BCUT2D eigenvalue weighted by atomic mass is 9.93. The average Bonchev–Trinajstić information content (AvgIpc) is 3.30. The maximum Gasteiger partial charge on any atom is 0.316 e. The molecule has 0 spiro atoms. The van der Waals surface area contributed by atoms with E-state index in [0.717, 1.165) is 24.2 Å². The normalized spacial score (nSPS) is 20.3. The number of carbonyl (C=O) groups is 1. The van der Waals surface area contributed by atoms with Gasteiger partial charge >= 0.3 is 5.97 Å². The number of hydrogen-bond donors (Lipinski definition) is 0. The Labute approximate surface area is 107 Å². The number of methoxy groups -OCH3 is 2. The molecule has 0 unspecified atom stereocenters. The van der Waals surface area contributed by atoms with Crippen LogP contribution in [0.2, 0.25) is 0 Å². The molecule has 2 aliphatic rings. The molecule has 96 valence electrons. The van der Waals surface area contributed by atoms with E-state index >= 15 is 0 Å². The Morgan fingerprint density at radius 3 is 2.50 bits per heavy atom. The van der Waals surface area contributed by atoms with Crippen LogP contribution in [0.25, 0.3) is 0 Å². The first-order valence-electron chi connectivity index (χ1n) is 6.48. The number of rotatable bonds is 4. The van der Waals surface area contributed by atoms with Gasteiger partial charge in [-0.15, -0.1) is 0 Å². The van der Waals surface area contributed by atoms with Gasteiger partial charge in [0.15, 0.2) is 0 Å². The van der Waals surface area contributed by atoms with Gasteiger partial charge in [0, 0.05) is 5.56 Å². The molecular formula is C15H18O3. The largest absolute Gasteiger partial charge is 0.496 e. The maximum absolute atomic E-state index is 11.9. The van der Waals surface area contributed by atoms with E-state index in [4.69, 9.17) is 9.47 Å². The smallest absolute Gasteiger partial charge is 0.316 e. The highest BCUT2D eigenvalue weighted by Gasteiger charge is 2.54. The van der Waals surface area contributed by atoms with Crippen LogP contribution < -0.4 is 4.74 Å². The van der Waals surface area contributed by atoms with Gasteiger partial charge in [-0.2, -0.15) is 0 Å². The molecule has 3 heteroatoms. The van der Waals surface area contributed by atoms with Crippen LogP contribution in [-0.4, -0.2) is 20.2 Å². The van der Waals surface area contributed by atoms with Gasteiger partial charge in [0.05, 0.1) is 19.6 Å². The van der Waals surface area contributed by atoms with E-state index < -0.39 is 5.41 Å². The molecule has 0 saturated heterocycles. The van der Waals surface area contributed by atoms with Crippen LogP contribution in [0.1, 0.15) is 42.7 Å². The summed E-state index contributed by atoms with van der Waals surface area (Å²) in [5.41, 5.74) is 1.87. The number of ether oxygens (including phenoxy) is 2. The summed E-state index contributed by atoms with van der Waals surface area (Å²) >= 11 is 0. The zero-order valence-corrected chi connectivity index (χ0v) is 10.9. The van der Waals surface area contributed by atoms with Crippen LogP contribution in [-0.2, 0) is 14.9 Å². The summed E-state index contributed by atoms with van der Waals surface area (Å²) in [5.74, 6) is 1.39. The van der Waals surface area contributed by atoms with Gasteiger partial charge < -0.3 is 9.47 Å². The van der Waals surface area contributed by atoms with Crippen molar-refractivity contribution in [3.8, 4) is 5.75 Å². The van der Waals surface area contributed by atoms with Crippen molar-refractivity contribution >= 4 is 5.97 Å². The lowest BCUT2D eigenvalue weighted by Gasteiger charge is -2.17. The Morgan fingerprint density at radius 1 is 1.28 bits per heavy atom. The minimum atomic E-state index is -0.442. The summed E-state index contributed by atoms with van der Waals surface area (Å²) in [4.78, 5) is 11.9. The third-order valence-electron chi connectivity index (χ3n) is 4.12. The molecule has 2 saturated carbocycles. The second-order valence-electron chi connectivity index (χ2n) is 5.31. The molecule has 1 aromatic carbocycles. The zero-order valence-electron chi connectivity index (χ0n) is 10.9. The highest BCUT2D eigenvalue weighted by atomic mass is 16.5. The van der Waals surface area contributed by atoms with Crippen molar-refractivity contribution in [3.05, 3.63) is 29.3 Å². The minimum Gasteiger partial charge on any atom is -0.496 e. The van der Waals surface area contributed by atoms with Crippen molar-refractivity contribution in [1.82, 2.24) is 0 Å². The molecule has 0 radical (unpaired) electrons. The fraction of sp³-hybridized carbons (Fsp3) is 0.533. The van der Waals surface area contributed by atoms with Gasteiger partial charge in [-0.1, -0.05) is 12.1 Å². The molecule has 0 aromatic heterocycles. The topological polar surface area (TPSA) is 35.5 Å². The third kappa shape index (κ3) is 1.69. The summed E-state index contributed by atoms with van der Waals surface area (Å²) in [6, 6.07) is 6.28. The van der Waals surface area contributed by atoms with Crippen molar-refractivity contribution in [3.63, 3.8) is 0 Å². The van der Waals surface area contributed by atoms with E-state index in [-0.39, 0.29) is 5.97 Å². The molecule has 0 aliphatic heterocycles. The standard InChI is InChI=1S/C15H18O3/c1-17-13-9-11(10-3-4-10)5-6-12(13)15(7-8-15)14(16)18-2/h5-6,9-10H,3-4,7-8H2,1-2H3. The van der Waals surface area contributed by atoms with Gasteiger partial charge in [0.25, 0.3) is 0 Å². The Balaban J connectivity index is 1.98. The SMILES string of the molecule is COC(=O)C1(c2ccc(C3CC3)cc2OC)CC1. The predicted octanol–water partition coefficient (Wildman–Crippen LogP) is 2.78. The molecule has 2 fully saturated rings. The van der Waals surface area contributed by atoms with E-state index in [1.807, 2.05) is 0 Å². The Morgan fingerprint density at radius 2 is 2.00 bits per heavy atom. The molecule has 0 atom stereocenters. The minimum absolute atomic E-state index is 0.139. The van der Waals surface area contributed by atoms with Gasteiger partial charge in [-0.3, -0.25) is 4.79 Å². The molecule has 2 aliphatic carbocycles. The van der Waals surface area contributed by atoms with Crippen molar-refractivity contribution in [1.29, 1.82) is 0 Å². The van der Waals surface area contributed by atoms with Crippen LogP contribution in [0.5, 0.6) is 5.75 Å². The summed E-state index contributed by atoms with van der Waals surface area (Å²) < 4.78 is 10.4. The van der Waals surface area contributed by atoms with E-state index in [1.54, 1.807) is 7.11 Å². The average molecular weight is 246 g/mol. The first-order chi connectivity index (χ1) is 8.71. The predicted molar refractivity (Wildman–Crippen MR) is 67.9 cm³/mol. The first-order valence-corrected chi connectivity index (χ1v) is 6.48. The van der Waals surface area contributed by atoms with Crippen LogP contribution in [0.15, 0.2) is 18.2 Å². The zero-order chi connectivity index (χ0) is 12.8. The lowest BCUT2D eigenvalue weighted by Crippen LogP contribution is -2.22. The third-order valence-corrected chi connectivity index (χ3v) is 4.12. The summed E-state index contributed by atoms with van der Waals surface area (Å²) in [7, 11) is 3.12. The molecule has 0 amide bonds. The molecule has 0 heterocycles. The van der Waals surface area contributed by atoms with E-state index in [1.165, 1.54) is 25.5 Å². The molecule has 18 heavy (non-hydrogen) atoms. The highest BCUT2D eigenvalue weighted by Crippen LogP contribution is 2.53. The monoisotopic (exact) mass is 246 g/mol. The van der Waals surface area contributed by atoms with Gasteiger partial charge in [0.1, 0.15) is 5.75 Å². The fourth-order valence-corrected chi connectivity index (χ4v) is 2.68. The number of benzene rings is 1. The van der Waals surface area contributed by atoms with Crippen molar-refractivity contribution in [2.45, 2.75) is 37.0 Å². The van der Waals surface area contributed by atoms with E-state index in [0.29, 0.717) is 5.92 Å². The summed E-state index contributed by atoms with van der Waals surface area (Å²) in [6.07, 6.45) is 4.26. The van der Waals surface area contributed by atoms with Crippen LogP contribution in [0.4, 0.5) is 0 Å². The van der Waals surface area contributed by atoms with Crippen molar-refractivity contribution < 1.29 is 14.3 Å². The second-order valence-corrected chi connectivity index (χ2v) is 5.31. The van der Waals surface area contributed by atoms with Crippen LogP contribution in [0, 0.1) is 0 Å².